The number of rotatable bonds is 3. The Morgan fingerprint density at radius 3 is 2.41 bits per heavy atom. The Balaban J connectivity index is 2.72. The van der Waals surface area contributed by atoms with Crippen LogP contribution in [0.5, 0.6) is 5.75 Å². The summed E-state index contributed by atoms with van der Waals surface area (Å²) < 4.78 is 7.56. The number of nitrogens with two attached hydrogens (primary N) is 1. The van der Waals surface area contributed by atoms with Crippen LogP contribution in [0, 0.1) is 0 Å². The largest absolute Gasteiger partial charge is 0.497 e. The number of aromatic nitrogens is 1. The number of nitrogens with zero attached hydrogens (tertiary/aromatic N) is 1. The molecule has 3 nitrogen and oxygen atoms in total. The van der Waals surface area contributed by atoms with E-state index in [1.165, 1.54) is 16.6 Å². The second kappa shape index (κ2) is 4.41. The molecule has 1 aromatic carbocycles. The molecule has 1 atom stereocenters. The topological polar surface area (TPSA) is 40.2 Å². The van der Waals surface area contributed by atoms with Gasteiger partial charge in [0.15, 0.2) is 0 Å². The van der Waals surface area contributed by atoms with Crippen LogP contribution in [0.2, 0.25) is 0 Å². The Bertz CT molecular complexity index is 526. The zero-order chi connectivity index (χ0) is 12.6. The quantitative estimate of drug-likeness (QED) is 0.882. The van der Waals surface area contributed by atoms with Gasteiger partial charge in [-0.2, -0.15) is 0 Å². The molecule has 17 heavy (non-hydrogen) atoms. The Labute approximate surface area is 102 Å². The SMILES string of the molecule is COc1ccc2cc(C(C)N)n(C(C)C)c2c1. The molecule has 0 aliphatic carbocycles. The summed E-state index contributed by atoms with van der Waals surface area (Å²) in [5.41, 5.74) is 8.39. The van der Waals surface area contributed by atoms with Crippen LogP contribution in [0.1, 0.15) is 38.5 Å². The van der Waals surface area contributed by atoms with Gasteiger partial charge in [-0.05, 0) is 39.0 Å². The van der Waals surface area contributed by atoms with Crippen molar-refractivity contribution in [1.82, 2.24) is 4.57 Å². The third-order valence-electron chi connectivity index (χ3n) is 3.06. The van der Waals surface area contributed by atoms with E-state index < -0.39 is 0 Å². The molecule has 0 aliphatic heterocycles. The molecule has 0 bridgehead atoms. The molecule has 2 N–H and O–H groups in total. The van der Waals surface area contributed by atoms with Crippen LogP contribution >= 0.6 is 0 Å². The van der Waals surface area contributed by atoms with E-state index in [9.17, 15) is 0 Å². The molecule has 92 valence electrons. The highest BCUT2D eigenvalue weighted by atomic mass is 16.5. The van der Waals surface area contributed by atoms with E-state index in [-0.39, 0.29) is 6.04 Å². The van der Waals surface area contributed by atoms with Gasteiger partial charge in [0.05, 0.1) is 12.6 Å². The lowest BCUT2D eigenvalue weighted by Crippen LogP contribution is -2.13. The fourth-order valence-corrected chi connectivity index (χ4v) is 2.28. The van der Waals surface area contributed by atoms with Gasteiger partial charge in [-0.3, -0.25) is 0 Å². The molecule has 2 aromatic rings. The predicted molar refractivity (Wildman–Crippen MR) is 71.5 cm³/mol. The highest BCUT2D eigenvalue weighted by Gasteiger charge is 2.14. The normalized spacial score (nSPS) is 13.3. The molecule has 1 aromatic heterocycles. The van der Waals surface area contributed by atoms with E-state index in [4.69, 9.17) is 10.5 Å². The fourth-order valence-electron chi connectivity index (χ4n) is 2.28. The molecule has 0 spiro atoms. The molecule has 0 saturated heterocycles. The summed E-state index contributed by atoms with van der Waals surface area (Å²) in [6.45, 7) is 6.36. The molecule has 0 fully saturated rings. The van der Waals surface area contributed by atoms with Gasteiger partial charge in [0, 0.05) is 29.2 Å². The van der Waals surface area contributed by atoms with Crippen LogP contribution in [0.4, 0.5) is 0 Å². The van der Waals surface area contributed by atoms with Crippen LogP contribution < -0.4 is 10.5 Å². The van der Waals surface area contributed by atoms with Crippen LogP contribution in [0.25, 0.3) is 10.9 Å². The van der Waals surface area contributed by atoms with Crippen molar-refractivity contribution in [1.29, 1.82) is 0 Å². The van der Waals surface area contributed by atoms with Gasteiger partial charge in [0.1, 0.15) is 5.75 Å². The minimum Gasteiger partial charge on any atom is -0.497 e. The standard InChI is InChI=1S/C14H20N2O/c1-9(2)16-13(10(3)15)7-11-5-6-12(17-4)8-14(11)16/h5-10H,15H2,1-4H3. The molecule has 0 amide bonds. The van der Waals surface area contributed by atoms with Crippen LogP contribution in [-0.2, 0) is 0 Å². The van der Waals surface area contributed by atoms with Gasteiger partial charge in [0.25, 0.3) is 0 Å². The second-order valence-electron chi connectivity index (χ2n) is 4.75. The van der Waals surface area contributed by atoms with E-state index in [0.717, 1.165) is 5.75 Å². The number of hydrogen-bond donors (Lipinski definition) is 1. The Morgan fingerprint density at radius 2 is 1.88 bits per heavy atom. The summed E-state index contributed by atoms with van der Waals surface area (Å²) in [6, 6.07) is 8.73. The molecule has 1 heterocycles. The molecular formula is C14H20N2O. The highest BCUT2D eigenvalue weighted by molar-refractivity contribution is 5.83. The van der Waals surface area contributed by atoms with Crippen molar-refractivity contribution in [3.63, 3.8) is 0 Å². The van der Waals surface area contributed by atoms with Gasteiger partial charge in [-0.25, -0.2) is 0 Å². The van der Waals surface area contributed by atoms with Crippen molar-refractivity contribution in [2.45, 2.75) is 32.9 Å². The lowest BCUT2D eigenvalue weighted by atomic mass is 10.2. The van der Waals surface area contributed by atoms with E-state index in [1.54, 1.807) is 7.11 Å². The van der Waals surface area contributed by atoms with Gasteiger partial charge in [-0.1, -0.05) is 0 Å². The molecule has 3 heteroatoms. The molecule has 0 radical (unpaired) electrons. The van der Waals surface area contributed by atoms with Crippen molar-refractivity contribution in [2.24, 2.45) is 5.73 Å². The highest BCUT2D eigenvalue weighted by Crippen LogP contribution is 2.29. The summed E-state index contributed by atoms with van der Waals surface area (Å²) in [4.78, 5) is 0. The maximum Gasteiger partial charge on any atom is 0.120 e. The second-order valence-corrected chi connectivity index (χ2v) is 4.75. The summed E-state index contributed by atoms with van der Waals surface area (Å²) >= 11 is 0. The summed E-state index contributed by atoms with van der Waals surface area (Å²) in [7, 11) is 1.69. The zero-order valence-electron chi connectivity index (χ0n) is 10.9. The number of methoxy groups -OCH3 is 1. The van der Waals surface area contributed by atoms with E-state index in [1.807, 2.05) is 13.0 Å². The average Bonchev–Trinajstić information content (AvgIpc) is 2.66. The predicted octanol–water partition coefficient (Wildman–Crippen LogP) is 3.25. The molecule has 1 unspecified atom stereocenters. The first-order chi connectivity index (χ1) is 8.04. The van der Waals surface area contributed by atoms with Crippen molar-refractivity contribution in [3.05, 3.63) is 30.0 Å². The maximum absolute atomic E-state index is 6.03. The average molecular weight is 232 g/mol. The van der Waals surface area contributed by atoms with Gasteiger partial charge < -0.3 is 15.0 Å². The van der Waals surface area contributed by atoms with Crippen molar-refractivity contribution in [2.75, 3.05) is 7.11 Å². The minimum absolute atomic E-state index is 0.0378. The lowest BCUT2D eigenvalue weighted by molar-refractivity contribution is 0.415. The number of fused-ring (bicyclic) bond motifs is 1. The fraction of sp³-hybridized carbons (Fsp3) is 0.429. The van der Waals surface area contributed by atoms with E-state index in [0.29, 0.717) is 6.04 Å². The smallest absolute Gasteiger partial charge is 0.120 e. The zero-order valence-corrected chi connectivity index (χ0v) is 10.9. The van der Waals surface area contributed by atoms with Crippen LogP contribution in [0.3, 0.4) is 0 Å². The van der Waals surface area contributed by atoms with E-state index >= 15 is 0 Å². The molecule has 0 saturated carbocycles. The van der Waals surface area contributed by atoms with Gasteiger partial charge in [-0.15, -0.1) is 0 Å². The third-order valence-corrected chi connectivity index (χ3v) is 3.06. The number of benzene rings is 1. The summed E-state index contributed by atoms with van der Waals surface area (Å²) in [6.07, 6.45) is 0. The van der Waals surface area contributed by atoms with Crippen molar-refractivity contribution < 1.29 is 4.74 Å². The Kier molecular flexibility index (Phi) is 3.11. The first-order valence-electron chi connectivity index (χ1n) is 5.99. The molecule has 2 rings (SSSR count). The first kappa shape index (κ1) is 12.0. The molecule has 0 aliphatic rings. The van der Waals surface area contributed by atoms with Crippen LogP contribution in [0.15, 0.2) is 24.3 Å². The maximum atomic E-state index is 6.03. The number of ether oxygens (including phenoxy) is 1. The molecular weight excluding hydrogens is 212 g/mol. The number of hydrogen-bond acceptors (Lipinski definition) is 2. The minimum atomic E-state index is 0.0378. The monoisotopic (exact) mass is 232 g/mol. The van der Waals surface area contributed by atoms with E-state index in [2.05, 4.69) is 36.6 Å². The Hall–Kier alpha value is -1.48. The van der Waals surface area contributed by atoms with Crippen molar-refractivity contribution >= 4 is 10.9 Å². The third kappa shape index (κ3) is 2.03. The Morgan fingerprint density at radius 1 is 1.18 bits per heavy atom. The van der Waals surface area contributed by atoms with Crippen molar-refractivity contribution in [3.8, 4) is 5.75 Å². The lowest BCUT2D eigenvalue weighted by Gasteiger charge is -2.17. The summed E-state index contributed by atoms with van der Waals surface area (Å²) in [5, 5.41) is 1.21. The summed E-state index contributed by atoms with van der Waals surface area (Å²) in [5.74, 6) is 0.883. The van der Waals surface area contributed by atoms with Gasteiger partial charge in [0.2, 0.25) is 0 Å². The van der Waals surface area contributed by atoms with Gasteiger partial charge >= 0.3 is 0 Å². The van der Waals surface area contributed by atoms with Crippen LogP contribution in [-0.4, -0.2) is 11.7 Å². The first-order valence-corrected chi connectivity index (χ1v) is 5.99.